The minimum absolute atomic E-state index is 0.0208. The number of benzene rings is 3. The van der Waals surface area contributed by atoms with Gasteiger partial charge in [0.15, 0.2) is 0 Å². The van der Waals surface area contributed by atoms with Crippen LogP contribution in [-0.2, 0) is 24.1 Å². The molecular weight excluding hydrogens is 719 g/mol. The molecule has 2 aromatic carbocycles. The van der Waals surface area contributed by atoms with Gasteiger partial charge in [-0.2, -0.15) is 26.3 Å². The van der Waals surface area contributed by atoms with Gasteiger partial charge in [0.05, 0.1) is 33.1 Å². The highest BCUT2D eigenvalue weighted by atomic mass is 35.5. The van der Waals surface area contributed by atoms with Crippen molar-refractivity contribution in [2.24, 2.45) is 4.99 Å². The molecule has 5 rings (SSSR count). The van der Waals surface area contributed by atoms with E-state index < -0.39 is 79.8 Å². The zero-order valence-electron chi connectivity index (χ0n) is 23.8. The summed E-state index contributed by atoms with van der Waals surface area (Å²) in [7, 11) is 0. The summed E-state index contributed by atoms with van der Waals surface area (Å²) in [5.74, 6) is -9.06. The summed E-state index contributed by atoms with van der Waals surface area (Å²) in [4.78, 5) is 73.7. The Balaban J connectivity index is 1.77. The minimum atomic E-state index is -5.34. The Kier molecular flexibility index (Phi) is 9.33. The Hall–Kier alpha value is -5.20. The summed E-state index contributed by atoms with van der Waals surface area (Å²) in [6, 6.07) is 6.79. The maximum absolute atomic E-state index is 13.0. The van der Waals surface area contributed by atoms with Crippen molar-refractivity contribution in [2.45, 2.75) is 25.2 Å². The van der Waals surface area contributed by atoms with Crippen LogP contribution in [0.4, 0.5) is 32.0 Å². The molecule has 0 radical (unpaired) electrons. The summed E-state index contributed by atoms with van der Waals surface area (Å²) in [5, 5.41) is 10.3. The van der Waals surface area contributed by atoms with Gasteiger partial charge in [0.2, 0.25) is 0 Å². The van der Waals surface area contributed by atoms with Crippen LogP contribution in [0.15, 0.2) is 51.9 Å². The van der Waals surface area contributed by atoms with Gasteiger partial charge in [0, 0.05) is 46.3 Å². The Bertz CT molecular complexity index is 2110. The van der Waals surface area contributed by atoms with Gasteiger partial charge in [-0.1, -0.05) is 23.2 Å². The van der Waals surface area contributed by atoms with E-state index in [9.17, 15) is 55.4 Å². The number of hydroxylamine groups is 2. The SMILES string of the molecule is O=C(ON1OCCCC1=O)c1cc(Cl)c(-c2c3cc/c(=N\C(=O)C(F)(F)F)cc-3oc3cc(NC(=O)C(F)(F)F)ccc23)c(C(=O)O)c1Cl. The van der Waals surface area contributed by atoms with Crippen LogP contribution in [0.5, 0.6) is 0 Å². The predicted octanol–water partition coefficient (Wildman–Crippen LogP) is 6.33. The van der Waals surface area contributed by atoms with Gasteiger partial charge in [-0.3, -0.25) is 14.4 Å². The number of fused-ring (bicyclic) bond motifs is 2. The highest BCUT2D eigenvalue weighted by Crippen LogP contribution is 2.47. The first-order valence-electron chi connectivity index (χ1n) is 13.4. The average Bonchev–Trinajstić information content (AvgIpc) is 3.00. The van der Waals surface area contributed by atoms with Crippen LogP contribution < -0.4 is 10.7 Å². The van der Waals surface area contributed by atoms with Gasteiger partial charge < -0.3 is 19.7 Å². The van der Waals surface area contributed by atoms with Gasteiger partial charge in [0.25, 0.3) is 5.91 Å². The molecule has 12 nitrogen and oxygen atoms in total. The number of nitrogens with one attached hydrogen (secondary N) is 1. The van der Waals surface area contributed by atoms with E-state index in [4.69, 9.17) is 37.3 Å². The van der Waals surface area contributed by atoms with Crippen LogP contribution in [-0.4, -0.2) is 59.0 Å². The van der Waals surface area contributed by atoms with Gasteiger partial charge in [-0.15, -0.1) is 0 Å². The normalized spacial score (nSPS) is 14.3. The number of carboxylic acid groups (broad SMARTS) is 1. The van der Waals surface area contributed by atoms with E-state index in [2.05, 4.69) is 4.99 Å². The molecule has 1 saturated heterocycles. The first-order valence-corrected chi connectivity index (χ1v) is 14.1. The van der Waals surface area contributed by atoms with Crippen molar-refractivity contribution in [1.29, 1.82) is 0 Å². The van der Waals surface area contributed by atoms with E-state index >= 15 is 0 Å². The van der Waals surface area contributed by atoms with Crippen molar-refractivity contribution >= 4 is 69.5 Å². The minimum Gasteiger partial charge on any atom is -0.478 e. The van der Waals surface area contributed by atoms with Gasteiger partial charge in [0.1, 0.15) is 11.3 Å². The summed E-state index contributed by atoms with van der Waals surface area (Å²) in [5.41, 5.74) is -2.95. The third-order valence-corrected chi connectivity index (χ3v) is 7.40. The molecule has 256 valence electrons. The molecule has 0 aromatic heterocycles. The molecular formula is C29H15Cl2F6N3O9. The molecule has 1 aliphatic carbocycles. The number of aromatic carboxylic acids is 1. The number of carbonyl (C=O) groups is 5. The van der Waals surface area contributed by atoms with Crippen LogP contribution in [0.2, 0.25) is 10.0 Å². The molecule has 20 heteroatoms. The van der Waals surface area contributed by atoms with E-state index in [0.29, 0.717) is 11.6 Å². The van der Waals surface area contributed by atoms with Crippen molar-refractivity contribution in [3.05, 3.63) is 69.0 Å². The number of hydrogen-bond donors (Lipinski definition) is 2. The second kappa shape index (κ2) is 13.0. The molecule has 3 amide bonds. The van der Waals surface area contributed by atoms with Crippen LogP contribution in [0.3, 0.4) is 0 Å². The maximum atomic E-state index is 13.0. The summed E-state index contributed by atoms with van der Waals surface area (Å²) >= 11 is 13.0. The lowest BCUT2D eigenvalue weighted by Gasteiger charge is -2.24. The molecule has 1 fully saturated rings. The standard InChI is InChI=1S/C29H15Cl2F6N3O9/c30-16-10-15(25(44)49-40-19(41)2-1-7-47-40)23(31)22(24(42)43)21(16)20-13-5-3-11(38-26(45)28(32,33)34)8-17(13)48-18-9-12(4-6-14(18)20)39-27(46)29(35,36)37/h3-6,8-10H,1-2,7H2,(H,38,45)(H,42,43)/b39-12+. The third kappa shape index (κ3) is 7.15. The van der Waals surface area contributed by atoms with Crippen molar-refractivity contribution in [3.8, 4) is 22.5 Å². The van der Waals surface area contributed by atoms with E-state index in [0.717, 1.165) is 42.5 Å². The molecule has 2 N–H and O–H groups in total. The Labute approximate surface area is 277 Å². The van der Waals surface area contributed by atoms with Crippen LogP contribution in [0, 0.1) is 0 Å². The first-order chi connectivity index (χ1) is 22.9. The molecule has 0 spiro atoms. The van der Waals surface area contributed by atoms with E-state index in [-0.39, 0.29) is 40.9 Å². The number of carbonyl (C=O) groups excluding carboxylic acids is 4. The Morgan fingerprint density at radius 1 is 0.959 bits per heavy atom. The highest BCUT2D eigenvalue weighted by Gasteiger charge is 2.40. The number of rotatable bonds is 5. The number of amides is 3. The third-order valence-electron chi connectivity index (χ3n) is 6.71. The quantitative estimate of drug-likeness (QED) is 0.176. The van der Waals surface area contributed by atoms with Crippen LogP contribution in [0.1, 0.15) is 33.6 Å². The Morgan fingerprint density at radius 3 is 2.31 bits per heavy atom. The van der Waals surface area contributed by atoms with E-state index in [1.807, 2.05) is 0 Å². The predicted molar refractivity (Wildman–Crippen MR) is 154 cm³/mol. The van der Waals surface area contributed by atoms with Crippen molar-refractivity contribution < 1.29 is 69.5 Å². The number of alkyl halides is 6. The van der Waals surface area contributed by atoms with Gasteiger partial charge in [-0.25, -0.2) is 19.4 Å². The number of halogens is 8. The topological polar surface area (TPSA) is 165 Å². The first kappa shape index (κ1) is 35.1. The Morgan fingerprint density at radius 2 is 1.67 bits per heavy atom. The largest absolute Gasteiger partial charge is 0.478 e. The summed E-state index contributed by atoms with van der Waals surface area (Å²) < 4.78 is 83.2. The lowest BCUT2D eigenvalue weighted by molar-refractivity contribution is -0.320. The van der Waals surface area contributed by atoms with Crippen molar-refractivity contribution in [1.82, 2.24) is 5.23 Å². The fourth-order valence-electron chi connectivity index (χ4n) is 4.63. The fraction of sp³-hybridized carbons (Fsp3) is 0.172. The van der Waals surface area contributed by atoms with E-state index in [1.54, 1.807) is 5.32 Å². The lowest BCUT2D eigenvalue weighted by atomic mass is 9.89. The van der Waals surface area contributed by atoms with Gasteiger partial charge in [-0.05, 0) is 42.0 Å². The second-order valence-corrected chi connectivity index (χ2v) is 10.8. The second-order valence-electron chi connectivity index (χ2n) is 9.98. The molecule has 0 bridgehead atoms. The molecule has 0 atom stereocenters. The number of hydrogen-bond acceptors (Lipinski definition) is 8. The number of nitrogens with zero attached hydrogens (tertiary/aromatic N) is 2. The molecule has 0 unspecified atom stereocenters. The molecule has 49 heavy (non-hydrogen) atoms. The summed E-state index contributed by atoms with van der Waals surface area (Å²) in [6.07, 6.45) is -10.3. The van der Waals surface area contributed by atoms with Crippen LogP contribution in [0.25, 0.3) is 33.4 Å². The fourth-order valence-corrected chi connectivity index (χ4v) is 5.24. The lowest BCUT2D eigenvalue weighted by Crippen LogP contribution is -2.37. The maximum Gasteiger partial charge on any atom is 0.473 e. The van der Waals surface area contributed by atoms with E-state index in [1.165, 1.54) is 0 Å². The molecule has 3 aliphatic rings. The summed E-state index contributed by atoms with van der Waals surface area (Å²) in [6.45, 7) is 0.0208. The monoisotopic (exact) mass is 733 g/mol. The average molecular weight is 734 g/mol. The highest BCUT2D eigenvalue weighted by molar-refractivity contribution is 6.41. The zero-order chi connectivity index (χ0) is 36.0. The van der Waals surface area contributed by atoms with Crippen molar-refractivity contribution in [2.75, 3.05) is 11.9 Å². The number of carboxylic acids is 1. The molecule has 0 saturated carbocycles. The van der Waals surface area contributed by atoms with Crippen molar-refractivity contribution in [3.63, 3.8) is 0 Å². The smallest absolute Gasteiger partial charge is 0.473 e. The van der Waals surface area contributed by atoms with Gasteiger partial charge >= 0.3 is 36.1 Å². The number of anilines is 1. The molecule has 2 heterocycles. The molecule has 2 aromatic rings. The van der Waals surface area contributed by atoms with Crippen LogP contribution >= 0.6 is 23.2 Å². The molecule has 2 aliphatic heterocycles. The zero-order valence-corrected chi connectivity index (χ0v) is 25.3.